The van der Waals surface area contributed by atoms with Gasteiger partial charge in [0.2, 0.25) is 5.91 Å². The van der Waals surface area contributed by atoms with Crippen LogP contribution in [-0.2, 0) is 11.3 Å². The molecule has 1 aliphatic rings. The zero-order valence-corrected chi connectivity index (χ0v) is 14.5. The lowest BCUT2D eigenvalue weighted by Gasteiger charge is -2.31. The molecule has 1 saturated heterocycles. The Bertz CT molecular complexity index is 482. The maximum absolute atomic E-state index is 12.1. The molecule has 1 aliphatic heterocycles. The zero-order valence-electron chi connectivity index (χ0n) is 14.5. The molecule has 0 bridgehead atoms. The maximum atomic E-state index is 12.1. The van der Waals surface area contributed by atoms with Gasteiger partial charge in [0.05, 0.1) is 6.61 Å². The molecule has 1 N–H and O–H groups in total. The second-order valence-electron chi connectivity index (χ2n) is 6.24. The van der Waals surface area contributed by atoms with Gasteiger partial charge in [-0.15, -0.1) is 0 Å². The number of nitrogens with zero attached hydrogens (tertiary/aromatic N) is 1. The number of para-hydroxylation sites is 1. The highest BCUT2D eigenvalue weighted by Crippen LogP contribution is 2.23. The summed E-state index contributed by atoms with van der Waals surface area (Å²) in [5.74, 6) is 1.41. The molecule has 1 heterocycles. The van der Waals surface area contributed by atoms with E-state index in [0.717, 1.165) is 57.6 Å². The first kappa shape index (κ1) is 17.8. The van der Waals surface area contributed by atoms with Crippen molar-refractivity contribution >= 4 is 5.91 Å². The van der Waals surface area contributed by atoms with Crippen molar-refractivity contribution in [3.8, 4) is 5.75 Å². The Balaban J connectivity index is 1.80. The Labute approximate surface area is 140 Å². The number of ether oxygens (including phenoxy) is 1. The topological polar surface area (TPSA) is 41.6 Å². The average molecular weight is 318 g/mol. The molecule has 0 aromatic heterocycles. The highest BCUT2D eigenvalue weighted by Gasteiger charge is 2.25. The van der Waals surface area contributed by atoms with Gasteiger partial charge in [0, 0.05) is 24.6 Å². The summed E-state index contributed by atoms with van der Waals surface area (Å²) in [6.45, 7) is 8.53. The third kappa shape index (κ3) is 5.54. The molecule has 23 heavy (non-hydrogen) atoms. The quantitative estimate of drug-likeness (QED) is 0.748. The summed E-state index contributed by atoms with van der Waals surface area (Å²) in [7, 11) is 0. The van der Waals surface area contributed by atoms with E-state index in [1.165, 1.54) is 5.56 Å². The van der Waals surface area contributed by atoms with E-state index >= 15 is 0 Å². The first-order chi connectivity index (χ1) is 11.2. The fraction of sp³-hybridized carbons (Fsp3) is 0.632. The average Bonchev–Trinajstić information content (AvgIpc) is 2.58. The van der Waals surface area contributed by atoms with Crippen LogP contribution in [0.25, 0.3) is 0 Å². The van der Waals surface area contributed by atoms with E-state index in [-0.39, 0.29) is 11.8 Å². The summed E-state index contributed by atoms with van der Waals surface area (Å²) in [5, 5.41) is 3.07. The summed E-state index contributed by atoms with van der Waals surface area (Å²) in [4.78, 5) is 14.6. The number of amides is 1. The monoisotopic (exact) mass is 318 g/mol. The number of carbonyl (C=O) groups excluding carboxylic acids is 1. The Hall–Kier alpha value is -1.55. The van der Waals surface area contributed by atoms with Crippen LogP contribution >= 0.6 is 0 Å². The molecule has 0 aliphatic carbocycles. The summed E-state index contributed by atoms with van der Waals surface area (Å²) in [6, 6.07) is 8.24. The van der Waals surface area contributed by atoms with Crippen LogP contribution in [0.4, 0.5) is 0 Å². The van der Waals surface area contributed by atoms with Crippen molar-refractivity contribution in [1.29, 1.82) is 0 Å². The predicted molar refractivity (Wildman–Crippen MR) is 93.5 cm³/mol. The maximum Gasteiger partial charge on any atom is 0.223 e. The molecule has 1 amide bonds. The van der Waals surface area contributed by atoms with Crippen LogP contribution in [-0.4, -0.2) is 37.0 Å². The summed E-state index contributed by atoms with van der Waals surface area (Å²) in [6.07, 6.45) is 4.10. The van der Waals surface area contributed by atoms with E-state index in [4.69, 9.17) is 4.74 Å². The zero-order chi connectivity index (χ0) is 16.5. The smallest absolute Gasteiger partial charge is 0.223 e. The number of likely N-dealkylation sites (tertiary alicyclic amines) is 1. The minimum atomic E-state index is 0.185. The Kier molecular flexibility index (Phi) is 7.40. The highest BCUT2D eigenvalue weighted by molar-refractivity contribution is 5.78. The third-order valence-electron chi connectivity index (χ3n) is 4.45. The van der Waals surface area contributed by atoms with Gasteiger partial charge in [0.25, 0.3) is 0 Å². The van der Waals surface area contributed by atoms with E-state index in [0.29, 0.717) is 6.61 Å². The molecule has 2 rings (SSSR count). The van der Waals surface area contributed by atoms with E-state index in [9.17, 15) is 4.79 Å². The molecule has 1 fully saturated rings. The normalized spacial score (nSPS) is 16.3. The van der Waals surface area contributed by atoms with Gasteiger partial charge in [-0.2, -0.15) is 0 Å². The number of unbranched alkanes of at least 4 members (excludes halogenated alkanes) is 1. The lowest BCUT2D eigenvalue weighted by atomic mass is 9.95. The van der Waals surface area contributed by atoms with Crippen LogP contribution in [0.1, 0.15) is 45.1 Å². The van der Waals surface area contributed by atoms with Gasteiger partial charge in [-0.3, -0.25) is 9.69 Å². The first-order valence-corrected chi connectivity index (χ1v) is 8.95. The second-order valence-corrected chi connectivity index (χ2v) is 6.24. The fourth-order valence-electron chi connectivity index (χ4n) is 3.06. The number of nitrogens with one attached hydrogen (secondary N) is 1. The van der Waals surface area contributed by atoms with E-state index < -0.39 is 0 Å². The fourth-order valence-corrected chi connectivity index (χ4v) is 3.06. The SMILES string of the molecule is CCCCNC(=O)C1CCN(Cc2ccccc2OCC)CC1. The van der Waals surface area contributed by atoms with Gasteiger partial charge < -0.3 is 10.1 Å². The molecule has 128 valence electrons. The van der Waals surface area contributed by atoms with E-state index in [1.807, 2.05) is 19.1 Å². The molecular weight excluding hydrogens is 288 g/mol. The molecule has 0 unspecified atom stereocenters. The highest BCUT2D eigenvalue weighted by atomic mass is 16.5. The minimum Gasteiger partial charge on any atom is -0.494 e. The number of hydrogen-bond acceptors (Lipinski definition) is 3. The predicted octanol–water partition coefficient (Wildman–Crippen LogP) is 3.21. The van der Waals surface area contributed by atoms with Gasteiger partial charge in [0.15, 0.2) is 0 Å². The molecule has 4 nitrogen and oxygen atoms in total. The van der Waals surface area contributed by atoms with Crippen molar-refractivity contribution in [3.05, 3.63) is 29.8 Å². The van der Waals surface area contributed by atoms with E-state index in [1.54, 1.807) is 0 Å². The van der Waals surface area contributed by atoms with Crippen molar-refractivity contribution < 1.29 is 9.53 Å². The number of benzene rings is 1. The molecule has 0 spiro atoms. The van der Waals surface area contributed by atoms with Crippen LogP contribution in [0, 0.1) is 5.92 Å². The largest absolute Gasteiger partial charge is 0.494 e. The van der Waals surface area contributed by atoms with Crippen LogP contribution in [0.3, 0.4) is 0 Å². The molecule has 1 aromatic rings. The number of hydrogen-bond donors (Lipinski definition) is 1. The van der Waals surface area contributed by atoms with Crippen molar-refractivity contribution in [3.63, 3.8) is 0 Å². The van der Waals surface area contributed by atoms with Crippen molar-refractivity contribution in [2.45, 2.75) is 46.1 Å². The van der Waals surface area contributed by atoms with Gasteiger partial charge in [0.1, 0.15) is 5.75 Å². The van der Waals surface area contributed by atoms with Gasteiger partial charge in [-0.25, -0.2) is 0 Å². The summed E-state index contributed by atoms with van der Waals surface area (Å²) < 4.78 is 5.70. The lowest BCUT2D eigenvalue weighted by molar-refractivity contribution is -0.126. The summed E-state index contributed by atoms with van der Waals surface area (Å²) >= 11 is 0. The molecule has 0 radical (unpaired) electrons. The number of rotatable bonds is 8. The van der Waals surface area contributed by atoms with Crippen LogP contribution < -0.4 is 10.1 Å². The molecular formula is C19H30N2O2. The Morgan fingerprint density at radius 3 is 2.70 bits per heavy atom. The summed E-state index contributed by atoms with van der Waals surface area (Å²) in [5.41, 5.74) is 1.24. The van der Waals surface area contributed by atoms with Crippen LogP contribution in [0.2, 0.25) is 0 Å². The third-order valence-corrected chi connectivity index (χ3v) is 4.45. The number of carbonyl (C=O) groups is 1. The molecule has 0 atom stereocenters. The lowest BCUT2D eigenvalue weighted by Crippen LogP contribution is -2.40. The Morgan fingerprint density at radius 2 is 2.00 bits per heavy atom. The van der Waals surface area contributed by atoms with Gasteiger partial charge in [-0.05, 0) is 45.3 Å². The first-order valence-electron chi connectivity index (χ1n) is 8.95. The van der Waals surface area contributed by atoms with Crippen molar-refractivity contribution in [2.24, 2.45) is 5.92 Å². The minimum absolute atomic E-state index is 0.185. The molecule has 4 heteroatoms. The van der Waals surface area contributed by atoms with Gasteiger partial charge in [-0.1, -0.05) is 31.5 Å². The van der Waals surface area contributed by atoms with Crippen molar-refractivity contribution in [2.75, 3.05) is 26.2 Å². The standard InChI is InChI=1S/C19H30N2O2/c1-3-5-12-20-19(22)16-10-13-21(14-11-16)15-17-8-6-7-9-18(17)23-4-2/h6-9,16H,3-5,10-15H2,1-2H3,(H,20,22). The van der Waals surface area contributed by atoms with Crippen molar-refractivity contribution in [1.82, 2.24) is 10.2 Å². The van der Waals surface area contributed by atoms with Crippen LogP contribution in [0.5, 0.6) is 5.75 Å². The van der Waals surface area contributed by atoms with Crippen LogP contribution in [0.15, 0.2) is 24.3 Å². The molecule has 1 aromatic carbocycles. The molecule has 0 saturated carbocycles. The van der Waals surface area contributed by atoms with E-state index in [2.05, 4.69) is 29.3 Å². The Morgan fingerprint density at radius 1 is 1.26 bits per heavy atom. The number of piperidine rings is 1. The van der Waals surface area contributed by atoms with Gasteiger partial charge >= 0.3 is 0 Å². The second kappa shape index (κ2) is 9.56.